The summed E-state index contributed by atoms with van der Waals surface area (Å²) >= 11 is 0. The first-order valence-corrected chi connectivity index (χ1v) is 7.35. The van der Waals surface area contributed by atoms with Crippen LogP contribution in [-0.2, 0) is 12.8 Å². The zero-order valence-electron chi connectivity index (χ0n) is 12.9. The summed E-state index contributed by atoms with van der Waals surface area (Å²) in [5, 5.41) is 5.24. The minimum absolute atomic E-state index is 0.185. The van der Waals surface area contributed by atoms with E-state index in [1.807, 2.05) is 0 Å². The van der Waals surface area contributed by atoms with Gasteiger partial charge in [0.05, 0.1) is 17.0 Å². The van der Waals surface area contributed by atoms with Crippen LogP contribution in [0.2, 0.25) is 0 Å². The van der Waals surface area contributed by atoms with Crippen molar-refractivity contribution in [1.29, 1.82) is 0 Å². The van der Waals surface area contributed by atoms with E-state index in [4.69, 9.17) is 0 Å². The first-order chi connectivity index (χ1) is 10.6. The number of hydrogen-bond acceptors (Lipinski definition) is 3. The number of rotatable bonds is 4. The summed E-state index contributed by atoms with van der Waals surface area (Å²) in [4.78, 5) is 24.0. The van der Waals surface area contributed by atoms with E-state index < -0.39 is 0 Å². The third-order valence-electron chi connectivity index (χ3n) is 4.07. The minimum Gasteiger partial charge on any atom is -0.362 e. The number of nitrogens with one attached hydrogen (secondary N) is 3. The molecule has 3 N–H and O–H groups in total. The molecule has 0 saturated carbocycles. The first-order valence-electron chi connectivity index (χ1n) is 7.35. The van der Waals surface area contributed by atoms with Gasteiger partial charge in [0.25, 0.3) is 5.56 Å². The molecule has 0 radical (unpaired) electrons. The van der Waals surface area contributed by atoms with Crippen LogP contribution >= 0.6 is 0 Å². The standard InChI is InChI=1S/C16H19N5O/c1-4-11-9(2)13(20-10(11)3)7-14-15(18-6-5-17-14)12-8-19-21-16(12)22/h5-6,8,20H,4,7H2,1-3H3,(H2,19,21,22). The van der Waals surface area contributed by atoms with Gasteiger partial charge in [0.15, 0.2) is 0 Å². The Labute approximate surface area is 128 Å². The Morgan fingerprint density at radius 3 is 2.59 bits per heavy atom. The molecule has 114 valence electrons. The molecule has 0 aromatic carbocycles. The van der Waals surface area contributed by atoms with Crippen molar-refractivity contribution in [1.82, 2.24) is 25.1 Å². The second-order valence-electron chi connectivity index (χ2n) is 5.37. The molecule has 0 amide bonds. The highest BCUT2D eigenvalue weighted by atomic mass is 16.1. The molecule has 0 aliphatic rings. The molecule has 3 rings (SSSR count). The number of aromatic nitrogens is 5. The Morgan fingerprint density at radius 2 is 1.95 bits per heavy atom. The van der Waals surface area contributed by atoms with Gasteiger partial charge in [-0.05, 0) is 31.4 Å². The Morgan fingerprint density at radius 1 is 1.18 bits per heavy atom. The lowest BCUT2D eigenvalue weighted by atomic mass is 10.0. The molecule has 0 spiro atoms. The molecular formula is C16H19N5O. The molecule has 6 nitrogen and oxygen atoms in total. The summed E-state index contributed by atoms with van der Waals surface area (Å²) in [5.41, 5.74) is 6.67. The van der Waals surface area contributed by atoms with Crippen LogP contribution < -0.4 is 5.56 Å². The van der Waals surface area contributed by atoms with Gasteiger partial charge >= 0.3 is 0 Å². The quantitative estimate of drug-likeness (QED) is 0.690. The first kappa shape index (κ1) is 14.3. The lowest BCUT2D eigenvalue weighted by Crippen LogP contribution is -2.06. The molecule has 22 heavy (non-hydrogen) atoms. The highest BCUT2D eigenvalue weighted by Crippen LogP contribution is 2.23. The van der Waals surface area contributed by atoms with Gasteiger partial charge in [-0.1, -0.05) is 6.92 Å². The summed E-state index contributed by atoms with van der Waals surface area (Å²) in [6, 6.07) is 0. The summed E-state index contributed by atoms with van der Waals surface area (Å²) < 4.78 is 0. The van der Waals surface area contributed by atoms with Gasteiger partial charge < -0.3 is 10.1 Å². The molecule has 0 fully saturated rings. The van der Waals surface area contributed by atoms with Crippen LogP contribution in [-0.4, -0.2) is 25.1 Å². The number of H-pyrrole nitrogens is 3. The van der Waals surface area contributed by atoms with Gasteiger partial charge in [-0.3, -0.25) is 19.9 Å². The molecule has 6 heteroatoms. The predicted molar refractivity (Wildman–Crippen MR) is 84.9 cm³/mol. The van der Waals surface area contributed by atoms with E-state index in [9.17, 15) is 4.79 Å². The maximum Gasteiger partial charge on any atom is 0.273 e. The van der Waals surface area contributed by atoms with E-state index in [1.54, 1.807) is 18.6 Å². The van der Waals surface area contributed by atoms with Crippen LogP contribution in [0.25, 0.3) is 11.3 Å². The van der Waals surface area contributed by atoms with E-state index in [0.717, 1.165) is 17.8 Å². The molecule has 3 aromatic rings. The summed E-state index contributed by atoms with van der Waals surface area (Å²) in [6.07, 6.45) is 6.51. The lowest BCUT2D eigenvalue weighted by Gasteiger charge is -2.05. The average molecular weight is 297 g/mol. The number of aromatic amines is 3. The number of hydrogen-bond donors (Lipinski definition) is 3. The highest BCUT2D eigenvalue weighted by Gasteiger charge is 2.16. The summed E-state index contributed by atoms with van der Waals surface area (Å²) in [7, 11) is 0. The van der Waals surface area contributed by atoms with Crippen molar-refractivity contribution in [3.05, 3.63) is 57.2 Å². The van der Waals surface area contributed by atoms with Crippen LogP contribution in [0.4, 0.5) is 0 Å². The molecule has 0 bridgehead atoms. The summed E-state index contributed by atoms with van der Waals surface area (Å²) in [6.45, 7) is 6.36. The van der Waals surface area contributed by atoms with Crippen LogP contribution in [0.3, 0.4) is 0 Å². The molecule has 0 atom stereocenters. The molecule has 0 unspecified atom stereocenters. The van der Waals surface area contributed by atoms with Crippen LogP contribution in [0, 0.1) is 13.8 Å². The second-order valence-corrected chi connectivity index (χ2v) is 5.37. The van der Waals surface area contributed by atoms with Gasteiger partial charge in [0.2, 0.25) is 0 Å². The molecule has 0 saturated heterocycles. The smallest absolute Gasteiger partial charge is 0.273 e. The van der Waals surface area contributed by atoms with Gasteiger partial charge in [-0.2, -0.15) is 0 Å². The Balaban J connectivity index is 2.04. The van der Waals surface area contributed by atoms with Crippen molar-refractivity contribution in [2.24, 2.45) is 0 Å². The van der Waals surface area contributed by atoms with Crippen molar-refractivity contribution < 1.29 is 0 Å². The fourth-order valence-corrected chi connectivity index (χ4v) is 2.94. The Kier molecular flexibility index (Phi) is 3.66. The zero-order chi connectivity index (χ0) is 15.7. The largest absolute Gasteiger partial charge is 0.362 e. The van der Waals surface area contributed by atoms with E-state index in [1.165, 1.54) is 16.8 Å². The number of aryl methyl sites for hydroxylation is 1. The second kappa shape index (κ2) is 5.63. The maximum atomic E-state index is 11.8. The van der Waals surface area contributed by atoms with Crippen molar-refractivity contribution in [2.75, 3.05) is 0 Å². The van der Waals surface area contributed by atoms with E-state index >= 15 is 0 Å². The SMILES string of the molecule is CCc1c(C)[nH]c(Cc2nccnc2-c2c[nH][nH]c2=O)c1C. The fourth-order valence-electron chi connectivity index (χ4n) is 2.94. The number of nitrogens with zero attached hydrogens (tertiary/aromatic N) is 2. The van der Waals surface area contributed by atoms with Crippen molar-refractivity contribution in [3.8, 4) is 11.3 Å². The van der Waals surface area contributed by atoms with Crippen LogP contribution in [0.15, 0.2) is 23.4 Å². The molecule has 0 aliphatic heterocycles. The van der Waals surface area contributed by atoms with Gasteiger partial charge in [-0.15, -0.1) is 0 Å². The monoisotopic (exact) mass is 297 g/mol. The van der Waals surface area contributed by atoms with E-state index in [2.05, 4.69) is 45.9 Å². The fraction of sp³-hybridized carbons (Fsp3) is 0.312. The Hall–Kier alpha value is -2.63. The van der Waals surface area contributed by atoms with Gasteiger partial charge in [0, 0.05) is 36.4 Å². The Bertz CT molecular complexity index is 856. The highest BCUT2D eigenvalue weighted by molar-refractivity contribution is 5.60. The minimum atomic E-state index is -0.185. The lowest BCUT2D eigenvalue weighted by molar-refractivity contribution is 0.986. The molecule has 3 aromatic heterocycles. The third kappa shape index (κ3) is 2.36. The predicted octanol–water partition coefficient (Wildman–Crippen LogP) is 2.26. The molecular weight excluding hydrogens is 278 g/mol. The van der Waals surface area contributed by atoms with Crippen molar-refractivity contribution in [3.63, 3.8) is 0 Å². The van der Waals surface area contributed by atoms with Crippen molar-refractivity contribution >= 4 is 0 Å². The van der Waals surface area contributed by atoms with Gasteiger partial charge in [0.1, 0.15) is 0 Å². The molecule has 0 aliphatic carbocycles. The van der Waals surface area contributed by atoms with Crippen LogP contribution in [0.5, 0.6) is 0 Å². The topological polar surface area (TPSA) is 90.2 Å². The molecule has 3 heterocycles. The van der Waals surface area contributed by atoms with E-state index in [0.29, 0.717) is 17.7 Å². The normalized spacial score (nSPS) is 11.0. The van der Waals surface area contributed by atoms with Crippen molar-refractivity contribution in [2.45, 2.75) is 33.6 Å². The van der Waals surface area contributed by atoms with E-state index in [-0.39, 0.29) is 5.56 Å². The maximum absolute atomic E-state index is 11.8. The van der Waals surface area contributed by atoms with Gasteiger partial charge in [-0.25, -0.2) is 0 Å². The average Bonchev–Trinajstić information content (AvgIpc) is 3.04. The zero-order valence-corrected chi connectivity index (χ0v) is 12.9. The third-order valence-corrected chi connectivity index (χ3v) is 4.07. The summed E-state index contributed by atoms with van der Waals surface area (Å²) in [5.74, 6) is 0. The van der Waals surface area contributed by atoms with Crippen LogP contribution in [0.1, 0.15) is 35.1 Å².